The van der Waals surface area contributed by atoms with Gasteiger partial charge in [0.1, 0.15) is 0 Å². The summed E-state index contributed by atoms with van der Waals surface area (Å²) in [6.45, 7) is 3.42. The predicted molar refractivity (Wildman–Crippen MR) is 50.0 cm³/mol. The highest BCUT2D eigenvalue weighted by atomic mass is 19.3. The van der Waals surface area contributed by atoms with Crippen molar-refractivity contribution in [2.45, 2.75) is 26.2 Å². The molecular weight excluding hydrogens is 204 g/mol. The van der Waals surface area contributed by atoms with E-state index >= 15 is 0 Å². The molecule has 1 heterocycles. The quantitative estimate of drug-likeness (QED) is 0.838. The van der Waals surface area contributed by atoms with Gasteiger partial charge in [-0.1, -0.05) is 6.07 Å². The summed E-state index contributed by atoms with van der Waals surface area (Å²) in [6.07, 6.45) is 0.578. The number of hydrogen-bond acceptors (Lipinski definition) is 2. The average Bonchev–Trinajstić information content (AvgIpc) is 2.09. The molecule has 0 bridgehead atoms. The SMILES string of the molecule is Cc1cnc(CC(F)(F)C(=O)O)c(C)c1. The predicted octanol–water partition coefficient (Wildman–Crippen LogP) is 1.96. The van der Waals surface area contributed by atoms with Crippen molar-refractivity contribution in [1.29, 1.82) is 0 Å². The Hall–Kier alpha value is -1.52. The van der Waals surface area contributed by atoms with Crippen LogP contribution in [0.15, 0.2) is 12.3 Å². The summed E-state index contributed by atoms with van der Waals surface area (Å²) in [5.41, 5.74) is 1.55. The molecule has 82 valence electrons. The highest BCUT2D eigenvalue weighted by Crippen LogP contribution is 2.21. The molecule has 0 atom stereocenters. The minimum Gasteiger partial charge on any atom is -0.477 e. The number of aromatic nitrogens is 1. The van der Waals surface area contributed by atoms with Crippen LogP contribution in [0.5, 0.6) is 0 Å². The summed E-state index contributed by atoms with van der Waals surface area (Å²) in [5, 5.41) is 8.27. The summed E-state index contributed by atoms with van der Waals surface area (Å²) in [7, 11) is 0. The van der Waals surface area contributed by atoms with E-state index in [0.29, 0.717) is 5.56 Å². The number of halogens is 2. The lowest BCUT2D eigenvalue weighted by Crippen LogP contribution is -2.31. The van der Waals surface area contributed by atoms with E-state index in [1.807, 2.05) is 0 Å². The zero-order valence-corrected chi connectivity index (χ0v) is 8.42. The lowest BCUT2D eigenvalue weighted by Gasteiger charge is -2.12. The first-order valence-corrected chi connectivity index (χ1v) is 4.36. The van der Waals surface area contributed by atoms with Crippen molar-refractivity contribution in [1.82, 2.24) is 4.98 Å². The van der Waals surface area contributed by atoms with E-state index in [4.69, 9.17) is 5.11 Å². The van der Waals surface area contributed by atoms with Crippen molar-refractivity contribution in [3.8, 4) is 0 Å². The Morgan fingerprint density at radius 1 is 1.53 bits per heavy atom. The second-order valence-electron chi connectivity index (χ2n) is 3.46. The van der Waals surface area contributed by atoms with Gasteiger partial charge >= 0.3 is 11.9 Å². The lowest BCUT2D eigenvalue weighted by atomic mass is 10.1. The van der Waals surface area contributed by atoms with Crippen molar-refractivity contribution < 1.29 is 18.7 Å². The van der Waals surface area contributed by atoms with Crippen LogP contribution in [0.2, 0.25) is 0 Å². The van der Waals surface area contributed by atoms with Crippen LogP contribution in [-0.4, -0.2) is 22.0 Å². The van der Waals surface area contributed by atoms with E-state index < -0.39 is 18.3 Å². The molecule has 0 spiro atoms. The highest BCUT2D eigenvalue weighted by Gasteiger charge is 2.39. The third-order valence-corrected chi connectivity index (χ3v) is 2.03. The zero-order chi connectivity index (χ0) is 11.6. The van der Waals surface area contributed by atoms with Gasteiger partial charge in [0.05, 0.1) is 6.42 Å². The number of aryl methyl sites for hydroxylation is 2. The Bertz CT molecular complexity index is 391. The molecule has 0 aromatic carbocycles. The number of carboxylic acids is 1. The highest BCUT2D eigenvalue weighted by molar-refractivity contribution is 5.75. The molecule has 1 aromatic heterocycles. The van der Waals surface area contributed by atoms with Crippen molar-refractivity contribution in [3.63, 3.8) is 0 Å². The van der Waals surface area contributed by atoms with Gasteiger partial charge in [0.25, 0.3) is 0 Å². The van der Waals surface area contributed by atoms with E-state index in [1.165, 1.54) is 6.20 Å². The average molecular weight is 215 g/mol. The Balaban J connectivity index is 2.95. The second kappa shape index (κ2) is 3.92. The van der Waals surface area contributed by atoms with E-state index in [-0.39, 0.29) is 5.69 Å². The van der Waals surface area contributed by atoms with Crippen LogP contribution in [0.4, 0.5) is 8.78 Å². The molecule has 1 rings (SSSR count). The minimum atomic E-state index is -3.76. The zero-order valence-electron chi connectivity index (χ0n) is 8.42. The van der Waals surface area contributed by atoms with E-state index in [1.54, 1.807) is 19.9 Å². The third kappa shape index (κ3) is 2.71. The minimum absolute atomic E-state index is 0.119. The van der Waals surface area contributed by atoms with Gasteiger partial charge in [-0.2, -0.15) is 8.78 Å². The van der Waals surface area contributed by atoms with Gasteiger partial charge in [0, 0.05) is 11.9 Å². The molecule has 1 aromatic rings. The summed E-state index contributed by atoms with van der Waals surface area (Å²) >= 11 is 0. The number of pyridine rings is 1. The number of aliphatic carboxylic acids is 1. The Morgan fingerprint density at radius 2 is 2.13 bits per heavy atom. The fraction of sp³-hybridized carbons (Fsp3) is 0.400. The Labute approximate surface area is 85.8 Å². The van der Waals surface area contributed by atoms with Gasteiger partial charge in [-0.3, -0.25) is 4.98 Å². The molecule has 0 saturated heterocycles. The number of carbonyl (C=O) groups is 1. The van der Waals surface area contributed by atoms with Crippen LogP contribution in [0, 0.1) is 13.8 Å². The van der Waals surface area contributed by atoms with Crippen molar-refractivity contribution >= 4 is 5.97 Å². The van der Waals surface area contributed by atoms with Crippen LogP contribution in [0.25, 0.3) is 0 Å². The van der Waals surface area contributed by atoms with Gasteiger partial charge in [-0.05, 0) is 25.0 Å². The molecule has 5 heteroatoms. The van der Waals surface area contributed by atoms with Gasteiger partial charge < -0.3 is 5.11 Å². The first-order valence-electron chi connectivity index (χ1n) is 4.36. The molecule has 0 unspecified atom stereocenters. The molecule has 3 nitrogen and oxygen atoms in total. The first-order chi connectivity index (χ1) is 6.83. The summed E-state index contributed by atoms with van der Waals surface area (Å²) in [4.78, 5) is 14.0. The van der Waals surface area contributed by atoms with E-state index in [0.717, 1.165) is 5.56 Å². The maximum absolute atomic E-state index is 12.9. The van der Waals surface area contributed by atoms with Crippen molar-refractivity contribution in [2.24, 2.45) is 0 Å². The number of hydrogen-bond donors (Lipinski definition) is 1. The van der Waals surface area contributed by atoms with Gasteiger partial charge in [-0.15, -0.1) is 0 Å². The first kappa shape index (κ1) is 11.6. The summed E-state index contributed by atoms with van der Waals surface area (Å²) < 4.78 is 25.7. The standard InChI is InChI=1S/C10H11F2NO2/c1-6-3-7(2)8(13-5-6)4-10(11,12)9(14)15/h3,5H,4H2,1-2H3,(H,14,15). The Morgan fingerprint density at radius 3 is 2.60 bits per heavy atom. The van der Waals surface area contributed by atoms with Crippen molar-refractivity contribution in [3.05, 3.63) is 29.1 Å². The topological polar surface area (TPSA) is 50.2 Å². The molecule has 0 radical (unpaired) electrons. The lowest BCUT2D eigenvalue weighted by molar-refractivity contribution is -0.164. The number of alkyl halides is 2. The Kier molecular flexibility index (Phi) is 3.02. The molecule has 0 aliphatic rings. The fourth-order valence-electron chi connectivity index (χ4n) is 1.21. The molecule has 0 aliphatic heterocycles. The smallest absolute Gasteiger partial charge is 0.374 e. The van der Waals surface area contributed by atoms with Gasteiger partial charge in [0.2, 0.25) is 0 Å². The molecule has 0 aliphatic carbocycles. The second-order valence-corrected chi connectivity index (χ2v) is 3.46. The fourth-order valence-corrected chi connectivity index (χ4v) is 1.21. The van der Waals surface area contributed by atoms with Crippen LogP contribution in [0.1, 0.15) is 16.8 Å². The third-order valence-electron chi connectivity index (χ3n) is 2.03. The van der Waals surface area contributed by atoms with Gasteiger partial charge in [0.15, 0.2) is 0 Å². The van der Waals surface area contributed by atoms with E-state index in [2.05, 4.69) is 4.98 Å². The number of rotatable bonds is 3. The molecule has 0 saturated carbocycles. The van der Waals surface area contributed by atoms with Crippen LogP contribution < -0.4 is 0 Å². The van der Waals surface area contributed by atoms with E-state index in [9.17, 15) is 13.6 Å². The van der Waals surface area contributed by atoms with Crippen LogP contribution >= 0.6 is 0 Å². The normalized spacial score (nSPS) is 11.5. The molecular formula is C10H11F2NO2. The number of nitrogens with zero attached hydrogens (tertiary/aromatic N) is 1. The maximum Gasteiger partial charge on any atom is 0.374 e. The summed E-state index contributed by atoms with van der Waals surface area (Å²) in [6, 6.07) is 1.69. The van der Waals surface area contributed by atoms with Crippen molar-refractivity contribution in [2.75, 3.05) is 0 Å². The molecule has 1 N–H and O–H groups in total. The largest absolute Gasteiger partial charge is 0.477 e. The monoisotopic (exact) mass is 215 g/mol. The van der Waals surface area contributed by atoms with Crippen LogP contribution in [-0.2, 0) is 11.2 Å². The maximum atomic E-state index is 12.9. The molecule has 0 amide bonds. The summed E-state index contributed by atoms with van der Waals surface area (Å²) in [5.74, 6) is -5.88. The molecule has 0 fully saturated rings. The molecule has 15 heavy (non-hydrogen) atoms. The van der Waals surface area contributed by atoms with Crippen LogP contribution in [0.3, 0.4) is 0 Å². The number of carboxylic acid groups (broad SMARTS) is 1. The van der Waals surface area contributed by atoms with Gasteiger partial charge in [-0.25, -0.2) is 4.79 Å².